The molecule has 0 atom stereocenters. The van der Waals surface area contributed by atoms with Gasteiger partial charge in [-0.3, -0.25) is 0 Å². The van der Waals surface area contributed by atoms with Crippen LogP contribution in [-0.2, 0) is 0 Å². The predicted octanol–water partition coefficient (Wildman–Crippen LogP) is 3.07. The second-order valence-electron chi connectivity index (χ2n) is 3.09. The van der Waals surface area contributed by atoms with E-state index in [0.717, 1.165) is 0 Å². The summed E-state index contributed by atoms with van der Waals surface area (Å²) >= 11 is 3.67. The first-order valence-electron chi connectivity index (χ1n) is 3.95. The average Bonchev–Trinajstić information content (AvgIpc) is 1.98. The molecule has 1 aromatic rings. The van der Waals surface area contributed by atoms with Gasteiger partial charge in [0, 0.05) is 11.7 Å². The first kappa shape index (κ1) is 10.3. The number of thiol groups is 1. The van der Waals surface area contributed by atoms with Gasteiger partial charge in [0.05, 0.1) is 4.90 Å². The zero-order valence-corrected chi connectivity index (χ0v) is 8.33. The summed E-state index contributed by atoms with van der Waals surface area (Å²) < 4.78 is 25.9. The summed E-state index contributed by atoms with van der Waals surface area (Å²) in [6.45, 7) is 3.79. The maximum atomic E-state index is 12.9. The highest BCUT2D eigenvalue weighted by molar-refractivity contribution is 7.80. The molecule has 0 amide bonds. The molecule has 0 aliphatic carbocycles. The van der Waals surface area contributed by atoms with Gasteiger partial charge in [0.15, 0.2) is 0 Å². The maximum Gasteiger partial charge on any atom is 0.141 e. The van der Waals surface area contributed by atoms with Gasteiger partial charge in [0.1, 0.15) is 11.6 Å². The quantitative estimate of drug-likeness (QED) is 0.704. The molecule has 72 valence electrons. The fourth-order valence-electron chi connectivity index (χ4n) is 0.982. The van der Waals surface area contributed by atoms with E-state index in [1.54, 1.807) is 0 Å². The van der Waals surface area contributed by atoms with Crippen LogP contribution in [0, 0.1) is 11.6 Å². The van der Waals surface area contributed by atoms with E-state index in [4.69, 9.17) is 0 Å². The van der Waals surface area contributed by atoms with Gasteiger partial charge < -0.3 is 5.32 Å². The molecule has 13 heavy (non-hydrogen) atoms. The average molecular weight is 203 g/mol. The molecule has 0 aliphatic rings. The van der Waals surface area contributed by atoms with Crippen LogP contribution in [0.5, 0.6) is 0 Å². The minimum atomic E-state index is -0.647. The van der Waals surface area contributed by atoms with Crippen molar-refractivity contribution in [3.05, 3.63) is 23.8 Å². The Morgan fingerprint density at radius 1 is 1.23 bits per heavy atom. The van der Waals surface area contributed by atoms with Crippen molar-refractivity contribution in [3.8, 4) is 0 Å². The highest BCUT2D eigenvalue weighted by Gasteiger charge is 2.07. The first-order chi connectivity index (χ1) is 6.00. The Bertz CT molecular complexity index is 289. The Kier molecular flexibility index (Phi) is 3.14. The van der Waals surface area contributed by atoms with Gasteiger partial charge in [-0.25, -0.2) is 8.78 Å². The highest BCUT2D eigenvalue weighted by atomic mass is 32.1. The predicted molar refractivity (Wildman–Crippen MR) is 52.4 cm³/mol. The largest absolute Gasteiger partial charge is 0.383 e. The molecule has 1 nitrogen and oxygen atoms in total. The van der Waals surface area contributed by atoms with E-state index in [1.165, 1.54) is 12.1 Å². The lowest BCUT2D eigenvalue weighted by molar-refractivity contribution is 0.542. The molecule has 1 N–H and O–H groups in total. The smallest absolute Gasteiger partial charge is 0.141 e. The van der Waals surface area contributed by atoms with Crippen molar-refractivity contribution in [2.45, 2.75) is 24.8 Å². The van der Waals surface area contributed by atoms with Crippen LogP contribution in [0.15, 0.2) is 17.0 Å². The van der Waals surface area contributed by atoms with Gasteiger partial charge >= 0.3 is 0 Å². The Labute approximate surface area is 81.6 Å². The molecule has 0 bridgehead atoms. The maximum absolute atomic E-state index is 12.9. The standard InChI is InChI=1S/C9H11F2NS/c1-5(2)12-6-3-7(10)9(13)8(11)4-6/h3-5,12-13H,1-2H3. The Hall–Kier alpha value is -0.770. The number of anilines is 1. The monoisotopic (exact) mass is 203 g/mol. The van der Waals surface area contributed by atoms with E-state index in [2.05, 4.69) is 17.9 Å². The van der Waals surface area contributed by atoms with E-state index < -0.39 is 11.6 Å². The molecule has 0 radical (unpaired) electrons. The van der Waals surface area contributed by atoms with E-state index >= 15 is 0 Å². The van der Waals surface area contributed by atoms with Crippen LogP contribution in [0.2, 0.25) is 0 Å². The van der Waals surface area contributed by atoms with Crippen molar-refractivity contribution >= 4 is 18.3 Å². The van der Waals surface area contributed by atoms with E-state index in [1.807, 2.05) is 13.8 Å². The number of halogens is 2. The summed E-state index contributed by atoms with van der Waals surface area (Å²) in [6, 6.07) is 2.60. The molecule has 1 rings (SSSR count). The van der Waals surface area contributed by atoms with Crippen LogP contribution in [-0.4, -0.2) is 6.04 Å². The van der Waals surface area contributed by atoms with Crippen molar-refractivity contribution in [2.75, 3.05) is 5.32 Å². The van der Waals surface area contributed by atoms with Crippen LogP contribution >= 0.6 is 12.6 Å². The first-order valence-corrected chi connectivity index (χ1v) is 4.40. The van der Waals surface area contributed by atoms with Crippen molar-refractivity contribution in [1.29, 1.82) is 0 Å². The summed E-state index contributed by atoms with van der Waals surface area (Å²) in [6.07, 6.45) is 0. The zero-order chi connectivity index (χ0) is 10.0. The summed E-state index contributed by atoms with van der Waals surface area (Å²) in [4.78, 5) is -0.241. The van der Waals surface area contributed by atoms with E-state index in [9.17, 15) is 8.78 Å². The summed E-state index contributed by atoms with van der Waals surface area (Å²) in [5.74, 6) is -1.29. The van der Waals surface area contributed by atoms with Crippen molar-refractivity contribution in [2.24, 2.45) is 0 Å². The minimum absolute atomic E-state index is 0.143. The third kappa shape index (κ3) is 2.59. The van der Waals surface area contributed by atoms with Crippen LogP contribution in [0.4, 0.5) is 14.5 Å². The summed E-state index contributed by atoms with van der Waals surface area (Å²) in [5, 5.41) is 2.90. The van der Waals surface area contributed by atoms with Gasteiger partial charge in [-0.1, -0.05) is 0 Å². The number of nitrogens with one attached hydrogen (secondary N) is 1. The fourth-order valence-corrected chi connectivity index (χ4v) is 1.11. The summed E-state index contributed by atoms with van der Waals surface area (Å²) in [7, 11) is 0. The summed E-state index contributed by atoms with van der Waals surface area (Å²) in [5.41, 5.74) is 0.433. The molecule has 0 fully saturated rings. The molecular formula is C9H11F2NS. The van der Waals surface area contributed by atoms with Gasteiger partial charge in [0.2, 0.25) is 0 Å². The van der Waals surface area contributed by atoms with Gasteiger partial charge in [-0.05, 0) is 26.0 Å². The van der Waals surface area contributed by atoms with E-state index in [-0.39, 0.29) is 10.9 Å². The molecule has 0 spiro atoms. The lowest BCUT2D eigenvalue weighted by Gasteiger charge is -2.10. The Morgan fingerprint density at radius 2 is 1.69 bits per heavy atom. The molecule has 0 unspecified atom stereocenters. The lowest BCUT2D eigenvalue weighted by Crippen LogP contribution is -2.10. The number of rotatable bonds is 2. The Balaban J connectivity index is 2.99. The lowest BCUT2D eigenvalue weighted by atomic mass is 10.2. The van der Waals surface area contributed by atoms with E-state index in [0.29, 0.717) is 5.69 Å². The molecule has 4 heteroatoms. The van der Waals surface area contributed by atoms with Crippen LogP contribution in [0.1, 0.15) is 13.8 Å². The molecule has 0 aromatic heterocycles. The molecule has 0 aliphatic heterocycles. The second-order valence-corrected chi connectivity index (χ2v) is 3.53. The van der Waals surface area contributed by atoms with Crippen LogP contribution in [0.3, 0.4) is 0 Å². The van der Waals surface area contributed by atoms with Crippen LogP contribution < -0.4 is 5.32 Å². The Morgan fingerprint density at radius 3 is 2.08 bits per heavy atom. The number of hydrogen-bond acceptors (Lipinski definition) is 2. The second kappa shape index (κ2) is 3.96. The van der Waals surface area contributed by atoms with Crippen molar-refractivity contribution in [3.63, 3.8) is 0 Å². The zero-order valence-electron chi connectivity index (χ0n) is 7.44. The number of hydrogen-bond donors (Lipinski definition) is 2. The minimum Gasteiger partial charge on any atom is -0.383 e. The normalized spacial score (nSPS) is 10.6. The molecule has 0 heterocycles. The fraction of sp³-hybridized carbons (Fsp3) is 0.333. The number of benzene rings is 1. The topological polar surface area (TPSA) is 12.0 Å². The SMILES string of the molecule is CC(C)Nc1cc(F)c(S)c(F)c1. The third-order valence-electron chi connectivity index (χ3n) is 1.47. The molecule has 0 saturated heterocycles. The molecular weight excluding hydrogens is 192 g/mol. The van der Waals surface area contributed by atoms with Crippen LogP contribution in [0.25, 0.3) is 0 Å². The van der Waals surface area contributed by atoms with Crippen molar-refractivity contribution < 1.29 is 8.78 Å². The van der Waals surface area contributed by atoms with Gasteiger partial charge in [-0.15, -0.1) is 12.6 Å². The van der Waals surface area contributed by atoms with Gasteiger partial charge in [0.25, 0.3) is 0 Å². The third-order valence-corrected chi connectivity index (χ3v) is 1.90. The molecule has 0 saturated carbocycles. The molecule has 1 aromatic carbocycles. The van der Waals surface area contributed by atoms with Crippen molar-refractivity contribution in [1.82, 2.24) is 0 Å². The highest BCUT2D eigenvalue weighted by Crippen LogP contribution is 2.21. The van der Waals surface area contributed by atoms with Gasteiger partial charge in [-0.2, -0.15) is 0 Å².